The summed E-state index contributed by atoms with van der Waals surface area (Å²) in [6.45, 7) is 7.26. The van der Waals surface area contributed by atoms with E-state index in [4.69, 9.17) is 9.72 Å². The van der Waals surface area contributed by atoms with Crippen LogP contribution in [0.2, 0.25) is 0 Å². The SMILES string of the molecule is CCCCCCOc1ccc2ccc3cnccc3c2n1.CCCCCCc1ccc2ccc3c(C)nccc3c2n1. The van der Waals surface area contributed by atoms with Gasteiger partial charge in [0.15, 0.2) is 0 Å². The van der Waals surface area contributed by atoms with Crippen LogP contribution in [0.25, 0.3) is 43.4 Å². The number of hydrogen-bond acceptors (Lipinski definition) is 5. The summed E-state index contributed by atoms with van der Waals surface area (Å²) in [6.07, 6.45) is 16.6. The zero-order chi connectivity index (χ0) is 29.1. The Hall–Kier alpha value is -4.12. The number of unbranched alkanes of at least 4 members (excludes halogenated alkanes) is 6. The van der Waals surface area contributed by atoms with Gasteiger partial charge in [0, 0.05) is 68.4 Å². The summed E-state index contributed by atoms with van der Waals surface area (Å²) in [5.41, 5.74) is 4.39. The van der Waals surface area contributed by atoms with Crippen molar-refractivity contribution in [3.8, 4) is 5.88 Å². The van der Waals surface area contributed by atoms with Gasteiger partial charge < -0.3 is 4.74 Å². The van der Waals surface area contributed by atoms with Gasteiger partial charge in [-0.25, -0.2) is 4.98 Å². The molecule has 2 aromatic carbocycles. The summed E-state index contributed by atoms with van der Waals surface area (Å²) in [5, 5.41) is 7.00. The number of fused-ring (bicyclic) bond motifs is 6. The highest BCUT2D eigenvalue weighted by molar-refractivity contribution is 6.06. The van der Waals surface area contributed by atoms with Crippen LogP contribution in [0.4, 0.5) is 0 Å². The van der Waals surface area contributed by atoms with E-state index in [9.17, 15) is 0 Å². The molecular formula is C37H42N4O. The molecule has 0 unspecified atom stereocenters. The fourth-order valence-electron chi connectivity index (χ4n) is 5.42. The minimum atomic E-state index is 0.711. The summed E-state index contributed by atoms with van der Waals surface area (Å²) >= 11 is 0. The van der Waals surface area contributed by atoms with E-state index in [0.717, 1.165) is 52.3 Å². The molecule has 0 aliphatic carbocycles. The van der Waals surface area contributed by atoms with E-state index in [1.807, 2.05) is 30.7 Å². The number of ether oxygens (including phenoxy) is 1. The predicted molar refractivity (Wildman–Crippen MR) is 176 cm³/mol. The quantitative estimate of drug-likeness (QED) is 0.117. The minimum absolute atomic E-state index is 0.711. The topological polar surface area (TPSA) is 60.8 Å². The van der Waals surface area contributed by atoms with Crippen LogP contribution in [0, 0.1) is 6.92 Å². The normalized spacial score (nSPS) is 11.2. The van der Waals surface area contributed by atoms with Crippen molar-refractivity contribution in [2.24, 2.45) is 0 Å². The highest BCUT2D eigenvalue weighted by atomic mass is 16.5. The monoisotopic (exact) mass is 558 g/mol. The molecule has 5 heteroatoms. The molecule has 4 heterocycles. The van der Waals surface area contributed by atoms with Crippen molar-refractivity contribution >= 4 is 43.4 Å². The third kappa shape index (κ3) is 7.20. The van der Waals surface area contributed by atoms with Crippen molar-refractivity contribution in [3.05, 3.63) is 90.6 Å². The van der Waals surface area contributed by atoms with Gasteiger partial charge in [0.2, 0.25) is 5.88 Å². The predicted octanol–water partition coefficient (Wildman–Crippen LogP) is 9.96. The second-order valence-corrected chi connectivity index (χ2v) is 11.0. The summed E-state index contributed by atoms with van der Waals surface area (Å²) in [7, 11) is 0. The van der Waals surface area contributed by atoms with Gasteiger partial charge in [-0.05, 0) is 50.5 Å². The van der Waals surface area contributed by atoms with E-state index in [-0.39, 0.29) is 0 Å². The molecule has 216 valence electrons. The van der Waals surface area contributed by atoms with Crippen LogP contribution in [0.3, 0.4) is 0 Å². The Balaban J connectivity index is 0.000000168. The van der Waals surface area contributed by atoms with Gasteiger partial charge in [0.05, 0.1) is 17.6 Å². The molecule has 0 N–H and O–H groups in total. The molecule has 0 amide bonds. The fourth-order valence-corrected chi connectivity index (χ4v) is 5.42. The summed E-state index contributed by atoms with van der Waals surface area (Å²) in [6, 6.07) is 21.0. The Bertz CT molecular complexity index is 1760. The number of nitrogens with zero attached hydrogens (tertiary/aromatic N) is 4. The van der Waals surface area contributed by atoms with Crippen LogP contribution < -0.4 is 4.74 Å². The van der Waals surface area contributed by atoms with Gasteiger partial charge in [-0.15, -0.1) is 0 Å². The molecule has 0 saturated carbocycles. The molecule has 0 atom stereocenters. The number of aryl methyl sites for hydroxylation is 2. The van der Waals surface area contributed by atoms with Gasteiger partial charge in [0.25, 0.3) is 0 Å². The Morgan fingerprint density at radius 3 is 2.12 bits per heavy atom. The number of hydrogen-bond donors (Lipinski definition) is 0. The highest BCUT2D eigenvalue weighted by Crippen LogP contribution is 2.26. The van der Waals surface area contributed by atoms with E-state index in [2.05, 4.69) is 84.3 Å². The zero-order valence-electron chi connectivity index (χ0n) is 25.3. The Morgan fingerprint density at radius 2 is 1.29 bits per heavy atom. The maximum atomic E-state index is 5.78. The smallest absolute Gasteiger partial charge is 0.213 e. The largest absolute Gasteiger partial charge is 0.478 e. The molecule has 6 aromatic rings. The molecule has 0 aliphatic rings. The Kier molecular flexibility index (Phi) is 10.3. The van der Waals surface area contributed by atoms with E-state index in [0.29, 0.717) is 5.88 Å². The number of pyridine rings is 4. The average molecular weight is 559 g/mol. The van der Waals surface area contributed by atoms with Gasteiger partial charge in [0.1, 0.15) is 0 Å². The number of aromatic nitrogens is 4. The molecule has 6 rings (SSSR count). The van der Waals surface area contributed by atoms with Crippen molar-refractivity contribution in [3.63, 3.8) is 0 Å². The van der Waals surface area contributed by atoms with E-state index >= 15 is 0 Å². The van der Waals surface area contributed by atoms with Crippen molar-refractivity contribution in [2.45, 2.75) is 78.6 Å². The first-order chi connectivity index (χ1) is 20.7. The first kappa shape index (κ1) is 29.4. The first-order valence-corrected chi connectivity index (χ1v) is 15.6. The summed E-state index contributed by atoms with van der Waals surface area (Å²) < 4.78 is 5.78. The highest BCUT2D eigenvalue weighted by Gasteiger charge is 2.06. The van der Waals surface area contributed by atoms with Crippen molar-refractivity contribution in [1.82, 2.24) is 19.9 Å². The van der Waals surface area contributed by atoms with E-state index in [1.165, 1.54) is 66.8 Å². The standard InChI is InChI=1S/C19H22N2.C18H20N2O/c1-3-4-5-6-7-16-10-8-15-9-11-17-14(2)20-13-12-18(17)19(15)21-16;1-2-3-4-5-12-21-17-9-8-14-6-7-15-13-19-11-10-16(15)18(14)20-17/h8-13H,3-7H2,1-2H3;6-11,13H,2-5,12H2,1H3. The molecule has 0 spiro atoms. The van der Waals surface area contributed by atoms with Crippen LogP contribution in [0.5, 0.6) is 5.88 Å². The molecule has 4 aromatic heterocycles. The van der Waals surface area contributed by atoms with Crippen molar-refractivity contribution in [2.75, 3.05) is 6.61 Å². The van der Waals surface area contributed by atoms with Crippen molar-refractivity contribution in [1.29, 1.82) is 0 Å². The zero-order valence-corrected chi connectivity index (χ0v) is 25.3. The van der Waals surface area contributed by atoms with Gasteiger partial charge in [-0.2, -0.15) is 0 Å². The summed E-state index contributed by atoms with van der Waals surface area (Å²) in [5.74, 6) is 0.711. The maximum Gasteiger partial charge on any atom is 0.213 e. The van der Waals surface area contributed by atoms with Crippen LogP contribution in [-0.2, 0) is 6.42 Å². The molecule has 0 fully saturated rings. The Morgan fingerprint density at radius 1 is 0.595 bits per heavy atom. The maximum absolute atomic E-state index is 5.78. The first-order valence-electron chi connectivity index (χ1n) is 15.6. The van der Waals surface area contributed by atoms with Gasteiger partial charge >= 0.3 is 0 Å². The average Bonchev–Trinajstić information content (AvgIpc) is 3.03. The molecule has 42 heavy (non-hydrogen) atoms. The molecule has 5 nitrogen and oxygen atoms in total. The third-order valence-electron chi connectivity index (χ3n) is 7.84. The van der Waals surface area contributed by atoms with Gasteiger partial charge in [-0.1, -0.05) is 82.7 Å². The van der Waals surface area contributed by atoms with Crippen LogP contribution in [-0.4, -0.2) is 26.5 Å². The second kappa shape index (κ2) is 14.7. The van der Waals surface area contributed by atoms with Crippen LogP contribution in [0.1, 0.15) is 76.6 Å². The fraction of sp³-hybridized carbons (Fsp3) is 0.351. The van der Waals surface area contributed by atoms with Crippen molar-refractivity contribution < 1.29 is 4.74 Å². The lowest BCUT2D eigenvalue weighted by molar-refractivity contribution is 0.295. The summed E-state index contributed by atoms with van der Waals surface area (Å²) in [4.78, 5) is 18.1. The number of rotatable bonds is 11. The molecule has 0 radical (unpaired) electrons. The van der Waals surface area contributed by atoms with E-state index in [1.54, 1.807) is 0 Å². The molecule has 0 bridgehead atoms. The lowest BCUT2D eigenvalue weighted by Gasteiger charge is -2.07. The van der Waals surface area contributed by atoms with Gasteiger partial charge in [-0.3, -0.25) is 15.0 Å². The molecule has 0 saturated heterocycles. The van der Waals surface area contributed by atoms with Crippen LogP contribution in [0.15, 0.2) is 79.3 Å². The second-order valence-electron chi connectivity index (χ2n) is 11.0. The third-order valence-corrected chi connectivity index (χ3v) is 7.84. The Labute approximate surface area is 249 Å². The minimum Gasteiger partial charge on any atom is -0.478 e. The lowest BCUT2D eigenvalue weighted by atomic mass is 10.0. The molecule has 0 aliphatic heterocycles. The molecular weight excluding hydrogens is 516 g/mol. The number of benzene rings is 2. The van der Waals surface area contributed by atoms with Crippen LogP contribution >= 0.6 is 0 Å². The lowest BCUT2D eigenvalue weighted by Crippen LogP contribution is -1.99. The van der Waals surface area contributed by atoms with E-state index < -0.39 is 0 Å².